The normalized spacial score (nSPS) is 10.7. The van der Waals surface area contributed by atoms with Gasteiger partial charge in [0, 0.05) is 85.9 Å². The van der Waals surface area contributed by atoms with E-state index in [4.69, 9.17) is 9.47 Å². The molecule has 0 aliphatic rings. The summed E-state index contributed by atoms with van der Waals surface area (Å²) in [4.78, 5) is 20.8. The number of carbonyl (C=O) groups excluding carboxylic acids is 1. The van der Waals surface area contributed by atoms with Crippen LogP contribution in [0.15, 0.2) is 237 Å². The number of carbonyl (C=O) groups is 1. The molecule has 9 aromatic rings. The highest BCUT2D eigenvalue weighted by atomic mass is 16.5. The monoisotopic (exact) mass is 834 g/mol. The first-order chi connectivity index (χ1) is 31.6. The summed E-state index contributed by atoms with van der Waals surface area (Å²) in [6.07, 6.45) is 0.885. The molecule has 0 aliphatic heterocycles. The third kappa shape index (κ3) is 8.77. The number of benzene rings is 9. The number of ether oxygens (including phenoxy) is 2. The van der Waals surface area contributed by atoms with Crippen LogP contribution in [0.2, 0.25) is 0 Å². The third-order valence-corrected chi connectivity index (χ3v) is 11.0. The van der Waals surface area contributed by atoms with E-state index in [1.165, 1.54) is 0 Å². The van der Waals surface area contributed by atoms with Crippen LogP contribution in [-0.4, -0.2) is 20.5 Å². The van der Waals surface area contributed by atoms with Crippen molar-refractivity contribution in [2.75, 3.05) is 33.8 Å². The molecule has 0 N–H and O–H groups in total. The lowest BCUT2D eigenvalue weighted by atomic mass is 10.1. The van der Waals surface area contributed by atoms with Gasteiger partial charge in [0.05, 0.1) is 14.2 Å². The van der Waals surface area contributed by atoms with Crippen molar-refractivity contribution < 1.29 is 14.3 Å². The average molecular weight is 835 g/mol. The molecular formula is C57H46N4O3. The molecule has 0 atom stereocenters. The largest absolute Gasteiger partial charge is 0.497 e. The summed E-state index contributed by atoms with van der Waals surface area (Å²) in [5.74, 6) is 1.57. The lowest BCUT2D eigenvalue weighted by Crippen LogP contribution is -2.14. The molecule has 0 unspecified atom stereocenters. The molecule has 0 aromatic heterocycles. The molecule has 0 saturated heterocycles. The fourth-order valence-electron chi connectivity index (χ4n) is 8.01. The van der Waals surface area contributed by atoms with Gasteiger partial charge in [-0.3, -0.25) is 4.79 Å². The number of rotatable bonds is 15. The standard InChI is InChI=1S/C57H46N4O3/c1-63-56-25-13-23-54(40-56)60(45-18-8-4-9-19-45)51-35-29-48(30-36-51)58(47-27-33-50(34-28-47)59(44-16-6-3-7-17-44)53-22-12-15-43(39-53)42-62)49-31-37-52(38-32-49)61(46-20-10-5-11-21-46)55-24-14-26-57(41-55)64-2/h3-42H,1-2H3. The SMILES string of the molecule is COc1cccc(N(c2ccccc2)c2ccc(N(c3ccc(N(c4ccccc4)c4cccc(C=O)c4)cc3)c3ccc(N(c4ccccc4)c4cccc(OC)c4)cc3)cc2)c1. The summed E-state index contributed by atoms with van der Waals surface area (Å²) in [6.45, 7) is 0. The molecule has 0 spiro atoms. The van der Waals surface area contributed by atoms with Crippen molar-refractivity contribution in [2.45, 2.75) is 0 Å². The molecular weight excluding hydrogens is 789 g/mol. The summed E-state index contributed by atoms with van der Waals surface area (Å²) in [5, 5.41) is 0. The van der Waals surface area contributed by atoms with Gasteiger partial charge in [-0.25, -0.2) is 0 Å². The first-order valence-corrected chi connectivity index (χ1v) is 21.1. The molecule has 64 heavy (non-hydrogen) atoms. The zero-order valence-corrected chi connectivity index (χ0v) is 35.6. The number of hydrogen-bond donors (Lipinski definition) is 0. The predicted molar refractivity (Wildman–Crippen MR) is 264 cm³/mol. The van der Waals surface area contributed by atoms with Gasteiger partial charge < -0.3 is 29.1 Å². The highest BCUT2D eigenvalue weighted by Gasteiger charge is 2.20. The summed E-state index contributed by atoms with van der Waals surface area (Å²) in [7, 11) is 3.38. The predicted octanol–water partition coefficient (Wildman–Crippen LogP) is 15.4. The van der Waals surface area contributed by atoms with E-state index in [-0.39, 0.29) is 0 Å². The number of nitrogens with zero attached hydrogens (tertiary/aromatic N) is 4. The van der Waals surface area contributed by atoms with Crippen molar-refractivity contribution in [3.8, 4) is 11.5 Å². The van der Waals surface area contributed by atoms with Crippen molar-refractivity contribution in [1.29, 1.82) is 0 Å². The molecule has 312 valence electrons. The molecule has 0 fully saturated rings. The second kappa shape index (κ2) is 19.0. The Kier molecular flexibility index (Phi) is 12.1. The van der Waals surface area contributed by atoms with Crippen LogP contribution in [0.25, 0.3) is 0 Å². The maximum absolute atomic E-state index is 11.9. The Balaban J connectivity index is 1.14. The second-order valence-electron chi connectivity index (χ2n) is 15.0. The Morgan fingerprint density at radius 1 is 0.281 bits per heavy atom. The van der Waals surface area contributed by atoms with Crippen LogP contribution < -0.4 is 29.1 Å². The van der Waals surface area contributed by atoms with E-state index in [9.17, 15) is 4.79 Å². The molecule has 7 nitrogen and oxygen atoms in total. The molecule has 0 bridgehead atoms. The van der Waals surface area contributed by atoms with Gasteiger partial charge >= 0.3 is 0 Å². The van der Waals surface area contributed by atoms with Crippen LogP contribution >= 0.6 is 0 Å². The minimum Gasteiger partial charge on any atom is -0.497 e. The van der Waals surface area contributed by atoms with Gasteiger partial charge in [-0.15, -0.1) is 0 Å². The topological polar surface area (TPSA) is 48.5 Å². The van der Waals surface area contributed by atoms with Gasteiger partial charge in [-0.2, -0.15) is 0 Å². The van der Waals surface area contributed by atoms with Crippen LogP contribution in [0.3, 0.4) is 0 Å². The number of para-hydroxylation sites is 3. The minimum absolute atomic E-state index is 0.614. The van der Waals surface area contributed by atoms with Gasteiger partial charge in [0.1, 0.15) is 17.8 Å². The van der Waals surface area contributed by atoms with Crippen LogP contribution in [0.4, 0.5) is 68.2 Å². The number of aldehydes is 1. The third-order valence-electron chi connectivity index (χ3n) is 11.0. The van der Waals surface area contributed by atoms with Crippen molar-refractivity contribution in [3.63, 3.8) is 0 Å². The molecule has 0 heterocycles. The highest BCUT2D eigenvalue weighted by Crippen LogP contribution is 2.43. The van der Waals surface area contributed by atoms with Gasteiger partial charge in [-0.1, -0.05) is 78.9 Å². The summed E-state index contributed by atoms with van der Waals surface area (Å²) < 4.78 is 11.3. The van der Waals surface area contributed by atoms with E-state index in [0.717, 1.165) is 86.0 Å². The Hall–Kier alpha value is -8.55. The van der Waals surface area contributed by atoms with Crippen molar-refractivity contribution in [1.82, 2.24) is 0 Å². The van der Waals surface area contributed by atoms with Gasteiger partial charge in [-0.05, 0) is 146 Å². The first kappa shape index (κ1) is 40.8. The van der Waals surface area contributed by atoms with Crippen LogP contribution in [0.5, 0.6) is 11.5 Å². The molecule has 9 rings (SSSR count). The second-order valence-corrected chi connectivity index (χ2v) is 15.0. The van der Waals surface area contributed by atoms with E-state index in [1.807, 2.05) is 78.9 Å². The van der Waals surface area contributed by atoms with Crippen molar-refractivity contribution in [2.24, 2.45) is 0 Å². The van der Waals surface area contributed by atoms with E-state index >= 15 is 0 Å². The molecule has 0 radical (unpaired) electrons. The Morgan fingerprint density at radius 2 is 0.531 bits per heavy atom. The van der Waals surface area contributed by atoms with Gasteiger partial charge in [0.2, 0.25) is 0 Å². The van der Waals surface area contributed by atoms with Crippen LogP contribution in [-0.2, 0) is 0 Å². The van der Waals surface area contributed by atoms with Gasteiger partial charge in [0.25, 0.3) is 0 Å². The van der Waals surface area contributed by atoms with Crippen LogP contribution in [0.1, 0.15) is 10.4 Å². The Morgan fingerprint density at radius 3 is 0.828 bits per heavy atom. The first-order valence-electron chi connectivity index (χ1n) is 21.1. The maximum atomic E-state index is 11.9. The highest BCUT2D eigenvalue weighted by molar-refractivity contribution is 5.86. The number of anilines is 12. The smallest absolute Gasteiger partial charge is 0.150 e. The van der Waals surface area contributed by atoms with E-state index in [1.54, 1.807) is 14.2 Å². The lowest BCUT2D eigenvalue weighted by Gasteiger charge is -2.30. The average Bonchev–Trinajstić information content (AvgIpc) is 3.37. The zero-order valence-electron chi connectivity index (χ0n) is 35.6. The molecule has 7 heteroatoms. The summed E-state index contributed by atoms with van der Waals surface area (Å²) in [6, 6.07) is 80.7. The Labute approximate surface area is 374 Å². The summed E-state index contributed by atoms with van der Waals surface area (Å²) >= 11 is 0. The fourth-order valence-corrected chi connectivity index (χ4v) is 8.01. The summed E-state index contributed by atoms with van der Waals surface area (Å²) in [5.41, 5.74) is 12.4. The maximum Gasteiger partial charge on any atom is 0.150 e. The molecule has 0 amide bonds. The van der Waals surface area contributed by atoms with Crippen molar-refractivity contribution >= 4 is 74.5 Å². The van der Waals surface area contributed by atoms with Crippen molar-refractivity contribution in [3.05, 3.63) is 242 Å². The zero-order chi connectivity index (χ0) is 43.7. The van der Waals surface area contributed by atoms with E-state index in [2.05, 4.69) is 177 Å². The lowest BCUT2D eigenvalue weighted by molar-refractivity contribution is 0.112. The Bertz CT molecular complexity index is 2790. The number of hydrogen-bond acceptors (Lipinski definition) is 7. The quantitative estimate of drug-likeness (QED) is 0.0954. The van der Waals surface area contributed by atoms with E-state index < -0.39 is 0 Å². The molecule has 0 saturated carbocycles. The van der Waals surface area contributed by atoms with E-state index in [0.29, 0.717) is 5.56 Å². The fraction of sp³-hybridized carbons (Fsp3) is 0.0351. The number of methoxy groups -OCH3 is 2. The van der Waals surface area contributed by atoms with Gasteiger partial charge in [0.15, 0.2) is 0 Å². The molecule has 0 aliphatic carbocycles. The van der Waals surface area contributed by atoms with Crippen LogP contribution in [0, 0.1) is 0 Å². The molecule has 9 aromatic carbocycles. The minimum atomic E-state index is 0.614.